The summed E-state index contributed by atoms with van der Waals surface area (Å²) in [4.78, 5) is 11.0. The number of hydrogen-bond donors (Lipinski definition) is 1. The molecule has 35 heavy (non-hydrogen) atoms. The number of nitrogens with zero attached hydrogens (tertiary/aromatic N) is 3. The van der Waals surface area contributed by atoms with Crippen LogP contribution < -0.4 is 15.0 Å². The Bertz CT molecular complexity index is 1080. The van der Waals surface area contributed by atoms with Gasteiger partial charge in [0.1, 0.15) is 29.7 Å². The topological polar surface area (TPSA) is 59.5 Å². The molecule has 0 spiro atoms. The van der Waals surface area contributed by atoms with E-state index in [9.17, 15) is 17.6 Å². The second-order valence-corrected chi connectivity index (χ2v) is 15.8. The average molecular weight is 515 g/mol. The van der Waals surface area contributed by atoms with Crippen molar-refractivity contribution < 1.29 is 26.7 Å². The van der Waals surface area contributed by atoms with Gasteiger partial charge in [0.15, 0.2) is 14.1 Å². The first-order chi connectivity index (χ1) is 15.9. The van der Waals surface area contributed by atoms with Crippen LogP contribution in [0.5, 0.6) is 5.75 Å². The van der Waals surface area contributed by atoms with E-state index < -0.39 is 32.3 Å². The second kappa shape index (κ2) is 9.23. The van der Waals surface area contributed by atoms with Crippen LogP contribution in [0.1, 0.15) is 46.0 Å². The van der Waals surface area contributed by atoms with Gasteiger partial charge in [0.2, 0.25) is 0 Å². The first-order valence-corrected chi connectivity index (χ1v) is 14.3. The van der Waals surface area contributed by atoms with E-state index in [0.29, 0.717) is 29.4 Å². The van der Waals surface area contributed by atoms with Gasteiger partial charge in [-0.05, 0) is 30.3 Å². The Morgan fingerprint density at radius 3 is 2.37 bits per heavy atom. The summed E-state index contributed by atoms with van der Waals surface area (Å²) < 4.78 is 64.9. The summed E-state index contributed by atoms with van der Waals surface area (Å²) in [6, 6.07) is 4.16. The maximum absolute atomic E-state index is 13.9. The molecule has 1 aromatic carbocycles. The Hall–Kier alpha value is -2.40. The Morgan fingerprint density at radius 2 is 1.80 bits per heavy atom. The molecule has 194 valence electrons. The first-order valence-electron chi connectivity index (χ1n) is 11.4. The van der Waals surface area contributed by atoms with Crippen molar-refractivity contribution in [3.8, 4) is 5.75 Å². The number of hydrogen-bond acceptors (Lipinski definition) is 6. The van der Waals surface area contributed by atoms with Crippen LogP contribution in [0.4, 0.5) is 34.9 Å². The smallest absolute Gasteiger partial charge is 0.405 e. The van der Waals surface area contributed by atoms with E-state index >= 15 is 0 Å². The highest BCUT2D eigenvalue weighted by Gasteiger charge is 2.43. The van der Waals surface area contributed by atoms with Crippen LogP contribution in [0.2, 0.25) is 18.1 Å². The summed E-state index contributed by atoms with van der Waals surface area (Å²) >= 11 is 0. The summed E-state index contributed by atoms with van der Waals surface area (Å²) in [5, 5.41) is 2.42. The molecule has 0 bridgehead atoms. The monoisotopic (exact) mass is 514 g/mol. The summed E-state index contributed by atoms with van der Waals surface area (Å²) in [6.07, 6.45) is -4.42. The zero-order valence-electron chi connectivity index (χ0n) is 21.5. The Labute approximate surface area is 205 Å². The van der Waals surface area contributed by atoms with Gasteiger partial charge < -0.3 is 19.4 Å². The Kier molecular flexibility index (Phi) is 7.17. The van der Waals surface area contributed by atoms with E-state index in [1.165, 1.54) is 19.2 Å². The molecule has 11 heteroatoms. The zero-order chi connectivity index (χ0) is 26.4. The predicted octanol–water partition coefficient (Wildman–Crippen LogP) is 6.55. The highest BCUT2D eigenvalue weighted by Crippen LogP contribution is 2.48. The highest BCUT2D eigenvalue weighted by atomic mass is 28.4. The van der Waals surface area contributed by atoms with Gasteiger partial charge in [-0.15, -0.1) is 0 Å². The minimum atomic E-state index is -4.42. The van der Waals surface area contributed by atoms with Crippen molar-refractivity contribution in [3.63, 3.8) is 0 Å². The Morgan fingerprint density at radius 1 is 1.14 bits per heavy atom. The van der Waals surface area contributed by atoms with Gasteiger partial charge in [0, 0.05) is 23.6 Å². The maximum Gasteiger partial charge on any atom is 0.405 e. The van der Waals surface area contributed by atoms with Crippen LogP contribution in [0.25, 0.3) is 0 Å². The number of fused-ring (bicyclic) bond motifs is 1. The summed E-state index contributed by atoms with van der Waals surface area (Å²) in [5.41, 5.74) is 0.531. The fourth-order valence-electron chi connectivity index (χ4n) is 3.77. The second-order valence-electron chi connectivity index (χ2n) is 11.0. The van der Waals surface area contributed by atoms with Crippen LogP contribution in [0.15, 0.2) is 18.2 Å². The van der Waals surface area contributed by atoms with E-state index in [1.54, 1.807) is 6.07 Å². The highest BCUT2D eigenvalue weighted by molar-refractivity contribution is 6.74. The summed E-state index contributed by atoms with van der Waals surface area (Å²) in [5.74, 6) is 0.698. The van der Waals surface area contributed by atoms with Crippen molar-refractivity contribution in [3.05, 3.63) is 35.4 Å². The molecule has 0 saturated carbocycles. The minimum Gasteiger partial charge on any atom is -0.494 e. The average Bonchev–Trinajstić information content (AvgIpc) is 3.00. The number of alkyl halides is 3. The van der Waals surface area contributed by atoms with Crippen LogP contribution in [0, 0.1) is 5.82 Å². The number of methoxy groups -OCH3 is 1. The quantitative estimate of drug-likeness (QED) is 0.334. The molecule has 2 heterocycles. The molecular weight excluding hydrogens is 480 g/mol. The third-order valence-corrected chi connectivity index (χ3v) is 11.2. The molecule has 0 unspecified atom stereocenters. The van der Waals surface area contributed by atoms with E-state index in [1.807, 2.05) is 18.7 Å². The number of nitrogens with one attached hydrogen (secondary N) is 1. The van der Waals surface area contributed by atoms with Gasteiger partial charge in [-0.1, -0.05) is 34.6 Å². The molecule has 0 saturated heterocycles. The molecule has 0 radical (unpaired) electrons. The van der Waals surface area contributed by atoms with E-state index in [4.69, 9.17) is 14.1 Å². The molecule has 0 atom stereocenters. The third kappa shape index (κ3) is 5.88. The van der Waals surface area contributed by atoms with E-state index in [-0.39, 0.29) is 23.3 Å². The van der Waals surface area contributed by atoms with Crippen molar-refractivity contribution in [1.82, 2.24) is 9.97 Å². The first kappa shape index (κ1) is 27.2. The predicted molar refractivity (Wildman–Crippen MR) is 132 cm³/mol. The van der Waals surface area contributed by atoms with Crippen LogP contribution in [-0.4, -0.2) is 44.7 Å². The fraction of sp³-hybridized carbons (Fsp3) is 0.583. The summed E-state index contributed by atoms with van der Waals surface area (Å²) in [6.45, 7) is 13.5. The molecule has 3 rings (SSSR count). The number of aromatic nitrogens is 2. The molecule has 2 aromatic rings. The molecule has 1 aliphatic rings. The van der Waals surface area contributed by atoms with Gasteiger partial charge in [-0.3, -0.25) is 0 Å². The van der Waals surface area contributed by atoms with E-state index in [2.05, 4.69) is 44.2 Å². The lowest BCUT2D eigenvalue weighted by molar-refractivity contribution is -0.115. The number of rotatable bonds is 7. The van der Waals surface area contributed by atoms with Crippen molar-refractivity contribution in [2.24, 2.45) is 0 Å². The van der Waals surface area contributed by atoms with E-state index in [0.717, 1.165) is 0 Å². The van der Waals surface area contributed by atoms with Crippen molar-refractivity contribution in [2.45, 2.75) is 70.9 Å². The number of benzene rings is 1. The Balaban J connectivity index is 2.12. The standard InChI is InChI=1S/C24H34F4N4O2Si/c1-22(2,3)35(7,8)34-12-18-30-20(29-13-24(26,27)28)19-21(31-18)32(14-23(19,4)5)16-10-9-15(25)11-17(16)33-6/h9-11H,12-14H2,1-8H3,(H,29,30,31). The zero-order valence-corrected chi connectivity index (χ0v) is 22.5. The van der Waals surface area contributed by atoms with Gasteiger partial charge >= 0.3 is 6.18 Å². The third-order valence-electron chi connectivity index (χ3n) is 6.68. The number of halogens is 4. The largest absolute Gasteiger partial charge is 0.494 e. The van der Waals surface area contributed by atoms with Gasteiger partial charge in [0.25, 0.3) is 0 Å². The lowest BCUT2D eigenvalue weighted by Gasteiger charge is -2.36. The normalized spacial score (nSPS) is 15.8. The number of ether oxygens (including phenoxy) is 1. The minimum absolute atomic E-state index is 0.0589. The molecular formula is C24H34F4N4O2Si. The lowest BCUT2D eigenvalue weighted by Crippen LogP contribution is -2.40. The lowest BCUT2D eigenvalue weighted by atomic mass is 9.88. The molecule has 1 aromatic heterocycles. The maximum atomic E-state index is 13.9. The molecule has 0 amide bonds. The van der Waals surface area contributed by atoms with Crippen molar-refractivity contribution in [1.29, 1.82) is 0 Å². The molecule has 0 fully saturated rings. The van der Waals surface area contributed by atoms with Gasteiger partial charge in [0.05, 0.1) is 19.4 Å². The summed E-state index contributed by atoms with van der Waals surface area (Å²) in [7, 11) is -0.725. The van der Waals surface area contributed by atoms with Crippen LogP contribution in [0.3, 0.4) is 0 Å². The van der Waals surface area contributed by atoms with Gasteiger partial charge in [-0.2, -0.15) is 13.2 Å². The molecule has 0 aliphatic carbocycles. The van der Waals surface area contributed by atoms with Crippen molar-refractivity contribution >= 4 is 25.6 Å². The van der Waals surface area contributed by atoms with Gasteiger partial charge in [-0.25, -0.2) is 14.4 Å². The van der Waals surface area contributed by atoms with Crippen molar-refractivity contribution in [2.75, 3.05) is 30.4 Å². The van der Waals surface area contributed by atoms with Crippen LogP contribution >= 0.6 is 0 Å². The van der Waals surface area contributed by atoms with Crippen LogP contribution in [-0.2, 0) is 16.4 Å². The molecule has 1 N–H and O–H groups in total. The molecule has 6 nitrogen and oxygen atoms in total. The SMILES string of the molecule is COc1cc(F)ccc1N1CC(C)(C)c2c(NCC(F)(F)F)nc(CO[Si](C)(C)C(C)(C)C)nc21. The number of anilines is 3. The fourth-order valence-corrected chi connectivity index (χ4v) is 4.70. The molecule has 1 aliphatic heterocycles.